The molecule has 16 heavy (non-hydrogen) atoms. The van der Waals surface area contributed by atoms with Gasteiger partial charge < -0.3 is 9.59 Å². The van der Waals surface area contributed by atoms with Gasteiger partial charge in [-0.1, -0.05) is 46.3 Å². The molecule has 1 rings (SSSR count). The molecule has 0 aliphatic rings. The number of rotatable bonds is 1. The van der Waals surface area contributed by atoms with E-state index in [1.54, 1.807) is 0 Å². The molecule has 0 unspecified atom stereocenters. The summed E-state index contributed by atoms with van der Waals surface area (Å²) >= 11 is 3.36. The van der Waals surface area contributed by atoms with E-state index in [1.165, 1.54) is 33.3 Å². The summed E-state index contributed by atoms with van der Waals surface area (Å²) in [5, 5.41) is 0.952. The van der Waals surface area contributed by atoms with Crippen LogP contribution in [0.4, 0.5) is 0 Å². The molecule has 0 aliphatic heterocycles. The molecule has 0 amide bonds. The van der Waals surface area contributed by atoms with Crippen LogP contribution in [-0.2, 0) is 14.9 Å². The number of hydrogen-bond donors (Lipinski definition) is 0. The van der Waals surface area contributed by atoms with Crippen molar-refractivity contribution < 1.29 is 9.59 Å². The first-order valence-corrected chi connectivity index (χ1v) is 6.06. The van der Waals surface area contributed by atoms with Gasteiger partial charge in [0, 0.05) is 5.33 Å². The Bertz CT molecular complexity index is 274. The summed E-state index contributed by atoms with van der Waals surface area (Å²) in [6.45, 7) is 6.11. The van der Waals surface area contributed by atoms with Gasteiger partial charge in [0.05, 0.1) is 0 Å². The van der Waals surface area contributed by atoms with Gasteiger partial charge in [0.2, 0.25) is 0 Å². The average molecular weight is 287 g/mol. The lowest BCUT2D eigenvalue weighted by Crippen LogP contribution is -1.70. The van der Waals surface area contributed by atoms with E-state index in [1.807, 2.05) is 18.2 Å². The molecule has 0 atom stereocenters. The third kappa shape index (κ3) is 23.1. The van der Waals surface area contributed by atoms with Crippen molar-refractivity contribution in [3.63, 3.8) is 0 Å². The SMILES string of the molecule is BrCc1ccccc1.CC(C)=O.CC(C)=O. The minimum atomic E-state index is 0.167. The predicted molar refractivity (Wildman–Crippen MR) is 71.8 cm³/mol. The highest BCUT2D eigenvalue weighted by Gasteiger charge is 1.81. The minimum Gasteiger partial charge on any atom is -0.300 e. The first-order chi connectivity index (χ1) is 7.40. The van der Waals surface area contributed by atoms with Gasteiger partial charge in [0.25, 0.3) is 0 Å². The van der Waals surface area contributed by atoms with E-state index in [0.29, 0.717) is 0 Å². The summed E-state index contributed by atoms with van der Waals surface area (Å²) in [7, 11) is 0. The minimum absolute atomic E-state index is 0.167. The van der Waals surface area contributed by atoms with Crippen LogP contribution < -0.4 is 0 Å². The van der Waals surface area contributed by atoms with E-state index in [4.69, 9.17) is 0 Å². The smallest absolute Gasteiger partial charge is 0.126 e. The summed E-state index contributed by atoms with van der Waals surface area (Å²) in [6, 6.07) is 10.3. The molecule has 90 valence electrons. The van der Waals surface area contributed by atoms with Crippen LogP contribution in [0.15, 0.2) is 30.3 Å². The maximum atomic E-state index is 9.44. The first kappa shape index (κ1) is 17.4. The molecular weight excluding hydrogens is 268 g/mol. The van der Waals surface area contributed by atoms with Crippen LogP contribution in [0.2, 0.25) is 0 Å². The monoisotopic (exact) mass is 286 g/mol. The molecular formula is C13H19BrO2. The Morgan fingerprint density at radius 3 is 1.44 bits per heavy atom. The van der Waals surface area contributed by atoms with Crippen LogP contribution in [0.5, 0.6) is 0 Å². The molecule has 0 aliphatic carbocycles. The summed E-state index contributed by atoms with van der Waals surface area (Å²) in [4.78, 5) is 18.9. The van der Waals surface area contributed by atoms with Crippen molar-refractivity contribution in [2.45, 2.75) is 33.0 Å². The number of hydrogen-bond acceptors (Lipinski definition) is 2. The van der Waals surface area contributed by atoms with Gasteiger partial charge in [0.1, 0.15) is 11.6 Å². The molecule has 0 fully saturated rings. The number of carbonyl (C=O) groups is 2. The van der Waals surface area contributed by atoms with E-state index in [9.17, 15) is 9.59 Å². The van der Waals surface area contributed by atoms with E-state index < -0.39 is 0 Å². The molecule has 2 nitrogen and oxygen atoms in total. The zero-order valence-corrected chi connectivity index (χ0v) is 11.9. The van der Waals surface area contributed by atoms with Gasteiger partial charge in [-0.25, -0.2) is 0 Å². The Balaban J connectivity index is 0. The summed E-state index contributed by atoms with van der Waals surface area (Å²) < 4.78 is 0. The van der Waals surface area contributed by atoms with Crippen LogP contribution in [0.3, 0.4) is 0 Å². The number of benzene rings is 1. The van der Waals surface area contributed by atoms with Gasteiger partial charge in [0.15, 0.2) is 0 Å². The average Bonchev–Trinajstić information content (AvgIpc) is 2.17. The molecule has 0 heterocycles. The van der Waals surface area contributed by atoms with Crippen LogP contribution >= 0.6 is 15.9 Å². The quantitative estimate of drug-likeness (QED) is 0.737. The van der Waals surface area contributed by atoms with Gasteiger partial charge in [-0.3, -0.25) is 0 Å². The standard InChI is InChI=1S/C7H7Br.2C3H6O/c8-6-7-4-2-1-3-5-7;2*1-3(2)4/h1-5H,6H2;2*1-2H3. The molecule has 0 radical (unpaired) electrons. The second-order valence-electron chi connectivity index (χ2n) is 3.44. The van der Waals surface area contributed by atoms with Gasteiger partial charge >= 0.3 is 0 Å². The Labute approximate surface area is 106 Å². The Kier molecular flexibility index (Phi) is 13.2. The number of carbonyl (C=O) groups excluding carboxylic acids is 2. The highest BCUT2D eigenvalue weighted by molar-refractivity contribution is 9.08. The van der Waals surface area contributed by atoms with Gasteiger partial charge in [-0.15, -0.1) is 0 Å². The van der Waals surface area contributed by atoms with Gasteiger partial charge in [-0.05, 0) is 33.3 Å². The van der Waals surface area contributed by atoms with Crippen molar-refractivity contribution >= 4 is 27.5 Å². The van der Waals surface area contributed by atoms with E-state index in [2.05, 4.69) is 28.1 Å². The molecule has 0 spiro atoms. The molecule has 0 bridgehead atoms. The molecule has 0 N–H and O–H groups in total. The molecule has 3 heteroatoms. The maximum absolute atomic E-state index is 9.44. The van der Waals surface area contributed by atoms with E-state index in [-0.39, 0.29) is 11.6 Å². The van der Waals surface area contributed by atoms with Crippen molar-refractivity contribution in [3.05, 3.63) is 35.9 Å². The molecule has 0 aromatic heterocycles. The van der Waals surface area contributed by atoms with Crippen LogP contribution in [0.1, 0.15) is 33.3 Å². The number of ketones is 2. The molecule has 0 saturated carbocycles. The summed E-state index contributed by atoms with van der Waals surface area (Å²) in [5.74, 6) is 0.333. The Hall–Kier alpha value is -0.960. The van der Waals surface area contributed by atoms with Crippen molar-refractivity contribution in [1.29, 1.82) is 0 Å². The van der Waals surface area contributed by atoms with Crippen LogP contribution in [0, 0.1) is 0 Å². The normalized spacial score (nSPS) is 7.81. The van der Waals surface area contributed by atoms with Crippen molar-refractivity contribution in [2.24, 2.45) is 0 Å². The van der Waals surface area contributed by atoms with Crippen molar-refractivity contribution in [2.75, 3.05) is 0 Å². The fourth-order valence-corrected chi connectivity index (χ4v) is 0.941. The highest BCUT2D eigenvalue weighted by Crippen LogP contribution is 2.02. The number of alkyl halides is 1. The number of Topliss-reactive ketones (excluding diaryl/α,β-unsaturated/α-hetero) is 2. The lowest BCUT2D eigenvalue weighted by Gasteiger charge is -1.88. The fraction of sp³-hybridized carbons (Fsp3) is 0.385. The zero-order valence-electron chi connectivity index (χ0n) is 10.3. The summed E-state index contributed by atoms with van der Waals surface area (Å²) in [5.41, 5.74) is 1.33. The first-order valence-electron chi connectivity index (χ1n) is 4.94. The fourth-order valence-electron chi connectivity index (χ4n) is 0.567. The Morgan fingerprint density at radius 2 is 1.25 bits per heavy atom. The lowest BCUT2D eigenvalue weighted by molar-refractivity contribution is -0.115. The van der Waals surface area contributed by atoms with Crippen molar-refractivity contribution in [1.82, 2.24) is 0 Å². The third-order valence-corrected chi connectivity index (χ3v) is 1.64. The maximum Gasteiger partial charge on any atom is 0.126 e. The summed E-state index contributed by atoms with van der Waals surface area (Å²) in [6.07, 6.45) is 0. The molecule has 1 aromatic carbocycles. The number of halogens is 1. The third-order valence-electron chi connectivity index (χ3n) is 0.997. The largest absolute Gasteiger partial charge is 0.300 e. The van der Waals surface area contributed by atoms with E-state index in [0.717, 1.165) is 5.33 Å². The lowest BCUT2D eigenvalue weighted by atomic mass is 10.2. The van der Waals surface area contributed by atoms with Crippen LogP contribution in [0.25, 0.3) is 0 Å². The zero-order chi connectivity index (χ0) is 13.0. The molecule has 1 aromatic rings. The van der Waals surface area contributed by atoms with Crippen molar-refractivity contribution in [3.8, 4) is 0 Å². The Morgan fingerprint density at radius 1 is 0.938 bits per heavy atom. The van der Waals surface area contributed by atoms with Crippen LogP contribution in [-0.4, -0.2) is 11.6 Å². The second kappa shape index (κ2) is 12.1. The van der Waals surface area contributed by atoms with Gasteiger partial charge in [-0.2, -0.15) is 0 Å². The topological polar surface area (TPSA) is 34.1 Å². The second-order valence-corrected chi connectivity index (χ2v) is 4.00. The highest BCUT2D eigenvalue weighted by atomic mass is 79.9. The van der Waals surface area contributed by atoms with E-state index >= 15 is 0 Å². The predicted octanol–water partition coefficient (Wildman–Crippen LogP) is 3.77. The molecule has 0 saturated heterocycles.